The van der Waals surface area contributed by atoms with E-state index in [0.717, 1.165) is 27.8 Å². The normalized spacial score (nSPS) is 16.0. The first kappa shape index (κ1) is 18.7. The van der Waals surface area contributed by atoms with Gasteiger partial charge in [-0.25, -0.2) is 13.4 Å². The molecule has 2 heterocycles. The Bertz CT molecular complexity index is 807. The largest absolute Gasteiger partial charge is 0.379 e. The number of aromatic nitrogens is 1. The Morgan fingerprint density at radius 3 is 2.60 bits per heavy atom. The van der Waals surface area contributed by atoms with Gasteiger partial charge in [-0.3, -0.25) is 0 Å². The lowest BCUT2D eigenvalue weighted by Gasteiger charge is -2.25. The van der Waals surface area contributed by atoms with Crippen LogP contribution in [0.15, 0.2) is 52.5 Å². The number of thioether (sulfide) groups is 1. The molecule has 0 atom stereocenters. The lowest BCUT2D eigenvalue weighted by molar-refractivity contribution is 0.0730. The maximum Gasteiger partial charge on any atom is 0.244 e. The second kappa shape index (κ2) is 8.51. The summed E-state index contributed by atoms with van der Waals surface area (Å²) in [4.78, 5) is 4.51. The van der Waals surface area contributed by atoms with Crippen LogP contribution in [0.4, 0.5) is 0 Å². The van der Waals surface area contributed by atoms with Gasteiger partial charge in [-0.2, -0.15) is 4.31 Å². The van der Waals surface area contributed by atoms with Crippen molar-refractivity contribution >= 4 is 33.4 Å². The maximum absolute atomic E-state index is 12.5. The summed E-state index contributed by atoms with van der Waals surface area (Å²) in [5, 5.41) is 1.57. The van der Waals surface area contributed by atoms with E-state index in [9.17, 15) is 8.42 Å². The molecule has 5 nitrogen and oxygen atoms in total. The highest BCUT2D eigenvalue weighted by molar-refractivity contribution is 7.99. The van der Waals surface area contributed by atoms with Crippen molar-refractivity contribution in [3.05, 3.63) is 53.2 Å². The third-order valence-corrected chi connectivity index (χ3v) is 7.09. The van der Waals surface area contributed by atoms with Gasteiger partial charge in [0.2, 0.25) is 10.0 Å². The number of sulfonamides is 1. The fourth-order valence-corrected chi connectivity index (χ4v) is 4.91. The Hall–Kier alpha value is -1.12. The SMILES string of the molecule is O=S(=O)(c1ccc(SCCc2ccccc2Cl)nc1)N1CCOCC1. The summed E-state index contributed by atoms with van der Waals surface area (Å²) in [5.74, 6) is 0.826. The van der Waals surface area contributed by atoms with Crippen LogP contribution in [0, 0.1) is 0 Å². The van der Waals surface area contributed by atoms with E-state index in [2.05, 4.69) is 4.98 Å². The first-order chi connectivity index (χ1) is 12.1. The number of aryl methyl sites for hydroxylation is 1. The van der Waals surface area contributed by atoms with Crippen molar-refractivity contribution in [2.75, 3.05) is 32.1 Å². The molecule has 1 saturated heterocycles. The summed E-state index contributed by atoms with van der Waals surface area (Å²) in [7, 11) is -3.48. The molecule has 3 rings (SSSR count). The molecular formula is C17H19ClN2O3S2. The number of rotatable bonds is 6. The van der Waals surface area contributed by atoms with Crippen LogP contribution >= 0.6 is 23.4 Å². The quantitative estimate of drug-likeness (QED) is 0.700. The zero-order valence-electron chi connectivity index (χ0n) is 13.6. The molecule has 0 unspecified atom stereocenters. The first-order valence-electron chi connectivity index (χ1n) is 7.97. The number of ether oxygens (including phenoxy) is 1. The molecule has 0 aliphatic carbocycles. The smallest absolute Gasteiger partial charge is 0.244 e. The summed E-state index contributed by atoms with van der Waals surface area (Å²) < 4.78 is 31.7. The predicted molar refractivity (Wildman–Crippen MR) is 99.7 cm³/mol. The molecule has 0 spiro atoms. The number of morpholine rings is 1. The lowest BCUT2D eigenvalue weighted by atomic mass is 10.2. The van der Waals surface area contributed by atoms with E-state index < -0.39 is 10.0 Å². The van der Waals surface area contributed by atoms with Crippen LogP contribution in [0.5, 0.6) is 0 Å². The number of pyridine rings is 1. The Morgan fingerprint density at radius 2 is 1.92 bits per heavy atom. The van der Waals surface area contributed by atoms with Crippen LogP contribution in [-0.4, -0.2) is 49.8 Å². The molecule has 2 aromatic rings. The van der Waals surface area contributed by atoms with E-state index in [4.69, 9.17) is 16.3 Å². The summed E-state index contributed by atoms with van der Waals surface area (Å²) in [6.45, 7) is 1.64. The van der Waals surface area contributed by atoms with Gasteiger partial charge in [0.05, 0.1) is 18.2 Å². The van der Waals surface area contributed by atoms with Crippen molar-refractivity contribution in [2.24, 2.45) is 0 Å². The molecule has 25 heavy (non-hydrogen) atoms. The highest BCUT2D eigenvalue weighted by atomic mass is 35.5. The van der Waals surface area contributed by atoms with Crippen molar-refractivity contribution in [1.29, 1.82) is 0 Å². The zero-order valence-corrected chi connectivity index (χ0v) is 16.0. The van der Waals surface area contributed by atoms with Gasteiger partial charge in [-0.15, -0.1) is 11.8 Å². The Morgan fingerprint density at radius 1 is 1.16 bits per heavy atom. The van der Waals surface area contributed by atoms with E-state index in [1.165, 1.54) is 10.5 Å². The molecule has 0 bridgehead atoms. The molecule has 1 aliphatic heterocycles. The van der Waals surface area contributed by atoms with Crippen LogP contribution < -0.4 is 0 Å². The van der Waals surface area contributed by atoms with Gasteiger partial charge in [0.15, 0.2) is 0 Å². The molecule has 134 valence electrons. The molecule has 8 heteroatoms. The minimum Gasteiger partial charge on any atom is -0.379 e. The third-order valence-electron chi connectivity index (χ3n) is 3.90. The molecule has 1 aromatic carbocycles. The molecule has 0 N–H and O–H groups in total. The van der Waals surface area contributed by atoms with Crippen molar-refractivity contribution in [3.63, 3.8) is 0 Å². The zero-order chi connectivity index (χ0) is 17.7. The average molecular weight is 399 g/mol. The molecule has 0 radical (unpaired) electrons. The molecule has 0 amide bonds. The van der Waals surface area contributed by atoms with Gasteiger partial charge in [0.25, 0.3) is 0 Å². The second-order valence-electron chi connectivity index (χ2n) is 5.54. The van der Waals surface area contributed by atoms with Crippen LogP contribution in [-0.2, 0) is 21.2 Å². The summed E-state index contributed by atoms with van der Waals surface area (Å²) in [5.41, 5.74) is 1.10. The highest BCUT2D eigenvalue weighted by Gasteiger charge is 2.26. The fourth-order valence-electron chi connectivity index (χ4n) is 2.51. The van der Waals surface area contributed by atoms with E-state index in [1.54, 1.807) is 23.9 Å². The first-order valence-corrected chi connectivity index (χ1v) is 10.8. The van der Waals surface area contributed by atoms with Gasteiger partial charge < -0.3 is 4.74 Å². The number of halogens is 1. The minimum atomic E-state index is -3.48. The number of hydrogen-bond acceptors (Lipinski definition) is 5. The van der Waals surface area contributed by atoms with Gasteiger partial charge in [0.1, 0.15) is 4.90 Å². The monoisotopic (exact) mass is 398 g/mol. The fraction of sp³-hybridized carbons (Fsp3) is 0.353. The Kier molecular flexibility index (Phi) is 6.35. The van der Waals surface area contributed by atoms with Crippen molar-refractivity contribution in [2.45, 2.75) is 16.3 Å². The van der Waals surface area contributed by atoms with Gasteiger partial charge in [-0.1, -0.05) is 29.8 Å². The van der Waals surface area contributed by atoms with Crippen LogP contribution in [0.3, 0.4) is 0 Å². The summed E-state index contributed by atoms with van der Waals surface area (Å²) in [6.07, 6.45) is 2.27. The van der Waals surface area contributed by atoms with Crippen LogP contribution in [0.1, 0.15) is 5.56 Å². The van der Waals surface area contributed by atoms with Gasteiger partial charge in [-0.05, 0) is 30.2 Å². The van der Waals surface area contributed by atoms with Gasteiger partial charge in [0, 0.05) is 30.1 Å². The molecule has 1 aliphatic rings. The summed E-state index contributed by atoms with van der Waals surface area (Å²) >= 11 is 7.73. The van der Waals surface area contributed by atoms with Crippen LogP contribution in [0.2, 0.25) is 5.02 Å². The highest BCUT2D eigenvalue weighted by Crippen LogP contribution is 2.23. The van der Waals surface area contributed by atoms with E-state index in [-0.39, 0.29) is 4.90 Å². The van der Waals surface area contributed by atoms with Crippen molar-refractivity contribution in [3.8, 4) is 0 Å². The number of hydrogen-bond donors (Lipinski definition) is 0. The molecular weight excluding hydrogens is 380 g/mol. The summed E-state index contributed by atoms with van der Waals surface area (Å²) in [6, 6.07) is 11.1. The lowest BCUT2D eigenvalue weighted by Crippen LogP contribution is -2.40. The Labute approximate surface area is 157 Å². The minimum absolute atomic E-state index is 0.227. The molecule has 1 fully saturated rings. The van der Waals surface area contributed by atoms with Gasteiger partial charge >= 0.3 is 0 Å². The predicted octanol–water partition coefficient (Wildman–Crippen LogP) is 3.09. The van der Waals surface area contributed by atoms with E-state index >= 15 is 0 Å². The number of nitrogens with zero attached hydrogens (tertiary/aromatic N) is 2. The second-order valence-corrected chi connectivity index (χ2v) is 9.00. The topological polar surface area (TPSA) is 59.5 Å². The maximum atomic E-state index is 12.5. The Balaban J connectivity index is 1.59. The van der Waals surface area contributed by atoms with Crippen molar-refractivity contribution in [1.82, 2.24) is 9.29 Å². The standard InChI is InChI=1S/C17H19ClN2O3S2/c18-16-4-2-1-3-14(16)7-12-24-17-6-5-15(13-19-17)25(21,22)20-8-10-23-11-9-20/h1-6,13H,7-12H2. The molecule has 1 aromatic heterocycles. The van der Waals surface area contributed by atoms with Crippen molar-refractivity contribution < 1.29 is 13.2 Å². The van der Waals surface area contributed by atoms with Crippen LogP contribution in [0.25, 0.3) is 0 Å². The van der Waals surface area contributed by atoms with E-state index in [0.29, 0.717) is 26.3 Å². The molecule has 0 saturated carbocycles. The third kappa shape index (κ3) is 4.74. The number of benzene rings is 1. The average Bonchev–Trinajstić information content (AvgIpc) is 2.64. The van der Waals surface area contributed by atoms with E-state index in [1.807, 2.05) is 24.3 Å².